The zero-order valence-corrected chi connectivity index (χ0v) is 23.4. The van der Waals surface area contributed by atoms with E-state index in [-0.39, 0.29) is 17.8 Å². The summed E-state index contributed by atoms with van der Waals surface area (Å²) in [5.74, 6) is 1.30. The Labute approximate surface area is 233 Å². The molecule has 1 saturated heterocycles. The van der Waals surface area contributed by atoms with Crippen LogP contribution < -0.4 is 16.0 Å². The summed E-state index contributed by atoms with van der Waals surface area (Å²) in [6.07, 6.45) is 4.88. The highest BCUT2D eigenvalue weighted by atomic mass is 16.6. The fourth-order valence-corrected chi connectivity index (χ4v) is 4.90. The van der Waals surface area contributed by atoms with Crippen LogP contribution in [0.25, 0.3) is 22.0 Å². The van der Waals surface area contributed by atoms with Gasteiger partial charge in [-0.2, -0.15) is 0 Å². The van der Waals surface area contributed by atoms with Crippen LogP contribution in [0.2, 0.25) is 0 Å². The molecule has 1 aliphatic heterocycles. The molecule has 2 aromatic heterocycles. The predicted octanol–water partition coefficient (Wildman–Crippen LogP) is 5.82. The van der Waals surface area contributed by atoms with Gasteiger partial charge in [0.25, 0.3) is 5.56 Å². The van der Waals surface area contributed by atoms with Gasteiger partial charge in [0.2, 0.25) is 0 Å². The molecule has 1 amide bonds. The first-order valence-corrected chi connectivity index (χ1v) is 13.5. The second kappa shape index (κ2) is 11.1. The van der Waals surface area contributed by atoms with Crippen LogP contribution in [0.3, 0.4) is 0 Å². The topological polar surface area (TPSA) is 112 Å². The van der Waals surface area contributed by atoms with Crippen molar-refractivity contribution in [2.24, 2.45) is 7.05 Å². The molecule has 2 aromatic carbocycles. The highest BCUT2D eigenvalue weighted by Crippen LogP contribution is 2.38. The molecule has 9 nitrogen and oxygen atoms in total. The molecule has 5 rings (SSSR count). The summed E-state index contributed by atoms with van der Waals surface area (Å²) in [6.45, 7) is 7.28. The SMILES string of the molecule is Cn1cc(-c2cc(N)ccc2Oc2cccc(COC3CCN(C(=O)OC(C)(C)C)CC3)c2)c2cc[nH]c2c1=O. The first-order valence-electron chi connectivity index (χ1n) is 13.5. The number of nitrogens with two attached hydrogens (primary N) is 1. The number of H-pyrrole nitrogens is 1. The first-order chi connectivity index (χ1) is 19.1. The minimum absolute atomic E-state index is 0.0699. The second-order valence-corrected chi connectivity index (χ2v) is 11.2. The standard InChI is InChI=1S/C31H36N4O5/c1-31(2,3)40-30(37)35-14-11-22(12-15-35)38-19-20-6-5-7-23(16-20)39-27-9-8-21(32)17-25(27)26-18-34(4)29(36)28-24(26)10-13-33-28/h5-10,13,16-18,22,33H,11-12,14-15,19,32H2,1-4H3. The normalized spacial score (nSPS) is 14.4. The second-order valence-electron chi connectivity index (χ2n) is 11.2. The lowest BCUT2D eigenvalue weighted by atomic mass is 10.0. The number of amides is 1. The molecule has 0 bridgehead atoms. The van der Waals surface area contributed by atoms with E-state index in [2.05, 4.69) is 4.98 Å². The molecular weight excluding hydrogens is 508 g/mol. The number of pyridine rings is 1. The van der Waals surface area contributed by atoms with Gasteiger partial charge in [-0.3, -0.25) is 4.79 Å². The lowest BCUT2D eigenvalue weighted by Crippen LogP contribution is -2.43. The van der Waals surface area contributed by atoms with E-state index < -0.39 is 5.60 Å². The Kier molecular flexibility index (Phi) is 7.58. The number of ether oxygens (including phenoxy) is 3. The number of aryl methyl sites for hydroxylation is 1. The molecule has 0 saturated carbocycles. The number of aromatic nitrogens is 2. The minimum Gasteiger partial charge on any atom is -0.457 e. The van der Waals surface area contributed by atoms with Crippen molar-refractivity contribution in [3.63, 3.8) is 0 Å². The van der Waals surface area contributed by atoms with Crippen LogP contribution in [0.5, 0.6) is 11.5 Å². The highest BCUT2D eigenvalue weighted by Gasteiger charge is 2.27. The van der Waals surface area contributed by atoms with Crippen molar-refractivity contribution < 1.29 is 19.0 Å². The summed E-state index contributed by atoms with van der Waals surface area (Å²) in [6, 6.07) is 15.2. The number of benzene rings is 2. The first kappa shape index (κ1) is 27.3. The molecule has 4 aromatic rings. The number of nitrogens with zero attached hydrogens (tertiary/aromatic N) is 2. The summed E-state index contributed by atoms with van der Waals surface area (Å²) in [4.78, 5) is 29.7. The number of aromatic amines is 1. The molecule has 1 aliphatic rings. The number of fused-ring (bicyclic) bond motifs is 1. The van der Waals surface area contributed by atoms with Gasteiger partial charge < -0.3 is 34.4 Å². The van der Waals surface area contributed by atoms with E-state index in [4.69, 9.17) is 19.9 Å². The lowest BCUT2D eigenvalue weighted by Gasteiger charge is -2.33. The molecule has 3 N–H and O–H groups in total. The molecule has 40 heavy (non-hydrogen) atoms. The van der Waals surface area contributed by atoms with Crippen LogP contribution in [-0.2, 0) is 23.1 Å². The van der Waals surface area contributed by atoms with Gasteiger partial charge in [0, 0.05) is 54.7 Å². The van der Waals surface area contributed by atoms with Crippen LogP contribution in [-0.4, -0.2) is 45.3 Å². The number of piperidine rings is 1. The van der Waals surface area contributed by atoms with Gasteiger partial charge in [-0.05, 0) is 75.6 Å². The molecule has 0 radical (unpaired) electrons. The number of rotatable bonds is 6. The maximum Gasteiger partial charge on any atom is 0.410 e. The molecule has 0 spiro atoms. The van der Waals surface area contributed by atoms with Crippen molar-refractivity contribution in [1.29, 1.82) is 0 Å². The summed E-state index contributed by atoms with van der Waals surface area (Å²) >= 11 is 0. The Morgan fingerprint density at radius 2 is 1.85 bits per heavy atom. The summed E-state index contributed by atoms with van der Waals surface area (Å²) in [5.41, 5.74) is 9.30. The lowest BCUT2D eigenvalue weighted by molar-refractivity contribution is -0.0170. The van der Waals surface area contributed by atoms with Gasteiger partial charge in [0.1, 0.15) is 22.6 Å². The Hall–Kier alpha value is -4.24. The number of hydrogen-bond acceptors (Lipinski definition) is 6. The van der Waals surface area contributed by atoms with Crippen molar-refractivity contribution in [2.75, 3.05) is 18.8 Å². The molecule has 0 atom stereocenters. The van der Waals surface area contributed by atoms with Gasteiger partial charge in [-0.15, -0.1) is 0 Å². The Morgan fingerprint density at radius 1 is 1.07 bits per heavy atom. The van der Waals surface area contributed by atoms with Crippen molar-refractivity contribution in [3.8, 4) is 22.6 Å². The monoisotopic (exact) mass is 544 g/mol. The van der Waals surface area contributed by atoms with Crippen molar-refractivity contribution in [2.45, 2.75) is 51.9 Å². The third-order valence-electron chi connectivity index (χ3n) is 6.89. The van der Waals surface area contributed by atoms with Gasteiger partial charge in [-0.1, -0.05) is 12.1 Å². The number of nitrogens with one attached hydrogen (secondary N) is 1. The van der Waals surface area contributed by atoms with Crippen LogP contribution in [0, 0.1) is 0 Å². The maximum absolute atomic E-state index is 12.6. The average Bonchev–Trinajstić information content (AvgIpc) is 3.41. The van der Waals surface area contributed by atoms with Crippen molar-refractivity contribution in [3.05, 3.63) is 76.8 Å². The molecule has 3 heterocycles. The van der Waals surface area contributed by atoms with Gasteiger partial charge in [0.15, 0.2) is 0 Å². The predicted molar refractivity (Wildman–Crippen MR) is 156 cm³/mol. The zero-order chi connectivity index (χ0) is 28.4. The van der Waals surface area contributed by atoms with Gasteiger partial charge in [-0.25, -0.2) is 4.79 Å². The molecular formula is C31H36N4O5. The molecule has 210 valence electrons. The molecule has 0 aliphatic carbocycles. The quantitative estimate of drug-likeness (QED) is 0.296. The van der Waals surface area contributed by atoms with Gasteiger partial charge >= 0.3 is 6.09 Å². The number of hydrogen-bond donors (Lipinski definition) is 2. The Bertz CT molecular complexity index is 1570. The summed E-state index contributed by atoms with van der Waals surface area (Å²) < 4.78 is 19.6. The van der Waals surface area contributed by atoms with E-state index >= 15 is 0 Å². The van der Waals surface area contributed by atoms with Crippen LogP contribution in [0.1, 0.15) is 39.2 Å². The highest BCUT2D eigenvalue weighted by molar-refractivity contribution is 5.96. The fourth-order valence-electron chi connectivity index (χ4n) is 4.90. The molecule has 9 heteroatoms. The Morgan fingerprint density at radius 3 is 2.60 bits per heavy atom. The third-order valence-corrected chi connectivity index (χ3v) is 6.89. The van der Waals surface area contributed by atoms with Crippen LogP contribution in [0.15, 0.2) is 65.7 Å². The number of likely N-dealkylation sites (tertiary alicyclic amines) is 1. The fraction of sp³-hybridized carbons (Fsp3) is 0.355. The molecule has 0 unspecified atom stereocenters. The largest absolute Gasteiger partial charge is 0.457 e. The summed E-state index contributed by atoms with van der Waals surface area (Å²) in [5, 5.41) is 0.804. The van der Waals surface area contributed by atoms with E-state index in [1.807, 2.05) is 63.2 Å². The summed E-state index contributed by atoms with van der Waals surface area (Å²) in [7, 11) is 1.73. The maximum atomic E-state index is 12.6. The number of anilines is 1. The Balaban J connectivity index is 1.27. The zero-order valence-electron chi connectivity index (χ0n) is 23.4. The van der Waals surface area contributed by atoms with E-state index in [1.165, 1.54) is 0 Å². The third kappa shape index (κ3) is 6.15. The van der Waals surface area contributed by atoms with E-state index in [0.717, 1.165) is 34.9 Å². The van der Waals surface area contributed by atoms with Gasteiger partial charge in [0.05, 0.1) is 12.7 Å². The smallest absolute Gasteiger partial charge is 0.410 e. The average molecular weight is 545 g/mol. The van der Waals surface area contributed by atoms with Crippen LogP contribution in [0.4, 0.5) is 10.5 Å². The number of carbonyl (C=O) groups is 1. The van der Waals surface area contributed by atoms with E-state index in [9.17, 15) is 9.59 Å². The number of carbonyl (C=O) groups excluding carboxylic acids is 1. The van der Waals surface area contributed by atoms with E-state index in [0.29, 0.717) is 42.4 Å². The minimum atomic E-state index is -0.502. The van der Waals surface area contributed by atoms with E-state index in [1.54, 1.807) is 35.0 Å². The van der Waals surface area contributed by atoms with Crippen LogP contribution >= 0.6 is 0 Å². The van der Waals surface area contributed by atoms with Crippen molar-refractivity contribution >= 4 is 22.7 Å². The van der Waals surface area contributed by atoms with Crippen molar-refractivity contribution in [1.82, 2.24) is 14.5 Å². The molecule has 1 fully saturated rings. The number of nitrogen functional groups attached to an aromatic ring is 1.